The fourth-order valence-electron chi connectivity index (χ4n) is 7.38. The molecule has 2 aliphatic carbocycles. The maximum Gasteiger partial charge on any atom is 0.0538 e. The minimum absolute atomic E-state index is 0.00716. The zero-order chi connectivity index (χ0) is 26.4. The van der Waals surface area contributed by atoms with Crippen molar-refractivity contribution < 1.29 is 0 Å². The third kappa shape index (κ3) is 3.02. The molecule has 0 bridgehead atoms. The molecular weight excluding hydrogens is 474 g/mol. The summed E-state index contributed by atoms with van der Waals surface area (Å²) in [6.07, 6.45) is 5.48. The van der Waals surface area contributed by atoms with Crippen molar-refractivity contribution in [2.24, 2.45) is 5.73 Å². The van der Waals surface area contributed by atoms with Gasteiger partial charge < -0.3 is 15.2 Å². The first-order valence-corrected chi connectivity index (χ1v) is 14.2. The van der Waals surface area contributed by atoms with Crippen molar-refractivity contribution in [1.29, 1.82) is 0 Å². The molecule has 0 amide bonds. The Balaban J connectivity index is 1.40. The molecular formula is C36H33N3. The van der Waals surface area contributed by atoms with Crippen molar-refractivity contribution >= 4 is 22.3 Å². The van der Waals surface area contributed by atoms with Crippen LogP contribution < -0.4 is 10.6 Å². The summed E-state index contributed by atoms with van der Waals surface area (Å²) < 4.78 is 2.56. The topological polar surface area (TPSA) is 34.2 Å². The second-order valence-corrected chi connectivity index (χ2v) is 11.7. The van der Waals surface area contributed by atoms with Crippen LogP contribution >= 0.6 is 0 Å². The average molecular weight is 508 g/mol. The first kappa shape index (κ1) is 22.9. The number of rotatable bonds is 4. The van der Waals surface area contributed by atoms with Gasteiger partial charge in [-0.15, -0.1) is 0 Å². The molecule has 1 fully saturated rings. The van der Waals surface area contributed by atoms with Crippen LogP contribution in [0.1, 0.15) is 55.0 Å². The molecule has 2 heterocycles. The lowest BCUT2D eigenvalue weighted by atomic mass is 9.89. The van der Waals surface area contributed by atoms with Crippen molar-refractivity contribution in [3.05, 3.63) is 137 Å². The molecule has 3 atom stereocenters. The SMILES string of the molecule is CCC(C)(N)c1ccc2c3c(n(-c4ccccc4)c2c1)C1CC12C(=CC3)N(c1ccccc1)c1ccccc12. The molecule has 4 aromatic carbocycles. The van der Waals surface area contributed by atoms with E-state index in [0.29, 0.717) is 5.92 Å². The minimum Gasteiger partial charge on any atom is -0.322 e. The summed E-state index contributed by atoms with van der Waals surface area (Å²) >= 11 is 0. The summed E-state index contributed by atoms with van der Waals surface area (Å²) in [4.78, 5) is 2.52. The van der Waals surface area contributed by atoms with E-state index in [1.54, 1.807) is 0 Å². The van der Waals surface area contributed by atoms with E-state index in [9.17, 15) is 0 Å². The number of aromatic nitrogens is 1. The minimum atomic E-state index is -0.355. The number of allylic oxidation sites excluding steroid dienone is 2. The number of anilines is 2. The van der Waals surface area contributed by atoms with Crippen LogP contribution in [0.3, 0.4) is 0 Å². The fourth-order valence-corrected chi connectivity index (χ4v) is 7.38. The predicted molar refractivity (Wildman–Crippen MR) is 161 cm³/mol. The van der Waals surface area contributed by atoms with Gasteiger partial charge in [0.2, 0.25) is 0 Å². The van der Waals surface area contributed by atoms with Crippen LogP contribution in [0.4, 0.5) is 11.4 Å². The number of hydrogen-bond donors (Lipinski definition) is 1. The van der Waals surface area contributed by atoms with Crippen molar-refractivity contribution in [2.75, 3.05) is 4.90 Å². The van der Waals surface area contributed by atoms with Gasteiger partial charge in [0.15, 0.2) is 0 Å². The van der Waals surface area contributed by atoms with Gasteiger partial charge in [0.05, 0.1) is 11.2 Å². The first-order valence-electron chi connectivity index (χ1n) is 14.2. The number of benzene rings is 4. The molecule has 2 N–H and O–H groups in total. The molecule has 5 aromatic rings. The monoisotopic (exact) mass is 507 g/mol. The Labute approximate surface area is 230 Å². The average Bonchev–Trinajstić information content (AvgIpc) is 3.58. The van der Waals surface area contributed by atoms with Gasteiger partial charge in [0.25, 0.3) is 0 Å². The molecule has 39 heavy (non-hydrogen) atoms. The van der Waals surface area contributed by atoms with Crippen LogP contribution in [0.15, 0.2) is 115 Å². The lowest BCUT2D eigenvalue weighted by Crippen LogP contribution is -2.31. The standard InChI is InChI=1S/C36H33N3/c1-3-35(2,37)24-18-19-27-28-20-21-33-36(29-16-10-11-17-31(29)38(33)25-12-6-4-7-13-25)23-30(36)34(28)39(32(27)22-24)26-14-8-5-9-15-26/h4-19,21-22,30H,3,20,23,37H2,1-2H3. The van der Waals surface area contributed by atoms with Gasteiger partial charge in [-0.2, -0.15) is 0 Å². The van der Waals surface area contributed by atoms with E-state index in [4.69, 9.17) is 5.73 Å². The van der Waals surface area contributed by atoms with Gasteiger partial charge in [-0.1, -0.05) is 79.7 Å². The first-order chi connectivity index (χ1) is 19.0. The molecule has 0 radical (unpaired) electrons. The molecule has 0 saturated heterocycles. The lowest BCUT2D eigenvalue weighted by molar-refractivity contribution is 0.477. The van der Waals surface area contributed by atoms with Gasteiger partial charge in [0.1, 0.15) is 0 Å². The third-order valence-electron chi connectivity index (χ3n) is 9.65. The zero-order valence-corrected chi connectivity index (χ0v) is 22.6. The van der Waals surface area contributed by atoms with Crippen molar-refractivity contribution in [2.45, 2.75) is 50.0 Å². The van der Waals surface area contributed by atoms with Crippen LogP contribution in [0.25, 0.3) is 16.6 Å². The molecule has 3 nitrogen and oxygen atoms in total. The predicted octanol–water partition coefficient (Wildman–Crippen LogP) is 8.23. The molecule has 8 rings (SSSR count). The van der Waals surface area contributed by atoms with Crippen LogP contribution in [0.5, 0.6) is 0 Å². The molecule has 1 aromatic heterocycles. The Morgan fingerprint density at radius 2 is 1.56 bits per heavy atom. The molecule has 1 saturated carbocycles. The van der Waals surface area contributed by atoms with Gasteiger partial charge in [-0.25, -0.2) is 0 Å². The number of para-hydroxylation sites is 3. The second kappa shape index (κ2) is 7.97. The van der Waals surface area contributed by atoms with E-state index >= 15 is 0 Å². The van der Waals surface area contributed by atoms with Gasteiger partial charge in [-0.3, -0.25) is 0 Å². The smallest absolute Gasteiger partial charge is 0.0538 e. The molecule has 3 unspecified atom stereocenters. The van der Waals surface area contributed by atoms with E-state index in [1.807, 2.05) is 0 Å². The second-order valence-electron chi connectivity index (χ2n) is 11.7. The van der Waals surface area contributed by atoms with Gasteiger partial charge >= 0.3 is 0 Å². The summed E-state index contributed by atoms with van der Waals surface area (Å²) in [5.74, 6) is 0.419. The Morgan fingerprint density at radius 3 is 2.31 bits per heavy atom. The number of fused-ring (bicyclic) bond motifs is 5. The molecule has 3 aliphatic rings. The maximum absolute atomic E-state index is 6.77. The van der Waals surface area contributed by atoms with E-state index < -0.39 is 0 Å². The van der Waals surface area contributed by atoms with Crippen LogP contribution in [0.2, 0.25) is 0 Å². The Hall–Kier alpha value is -4.08. The lowest BCUT2D eigenvalue weighted by Gasteiger charge is -2.24. The molecule has 1 spiro atoms. The van der Waals surface area contributed by atoms with Gasteiger partial charge in [0, 0.05) is 45.0 Å². The van der Waals surface area contributed by atoms with Crippen LogP contribution in [-0.2, 0) is 17.4 Å². The van der Waals surface area contributed by atoms with Crippen LogP contribution in [0, 0.1) is 0 Å². The summed E-state index contributed by atoms with van der Waals surface area (Å²) in [6.45, 7) is 4.32. The normalized spacial score (nSPS) is 22.3. The molecule has 3 heteroatoms. The highest BCUT2D eigenvalue weighted by molar-refractivity contribution is 5.91. The largest absolute Gasteiger partial charge is 0.322 e. The highest BCUT2D eigenvalue weighted by Crippen LogP contribution is 2.73. The number of hydrogen-bond acceptors (Lipinski definition) is 2. The fraction of sp³-hybridized carbons (Fsp3) is 0.222. The van der Waals surface area contributed by atoms with E-state index in [2.05, 4.69) is 133 Å². The Kier molecular flexibility index (Phi) is 4.67. The summed E-state index contributed by atoms with van der Waals surface area (Å²) in [5.41, 5.74) is 18.5. The maximum atomic E-state index is 6.77. The number of nitrogens with zero attached hydrogens (tertiary/aromatic N) is 2. The molecule has 1 aliphatic heterocycles. The summed E-state index contributed by atoms with van der Waals surface area (Å²) in [6, 6.07) is 37.8. The van der Waals surface area contributed by atoms with Crippen molar-refractivity contribution in [1.82, 2.24) is 4.57 Å². The summed E-state index contributed by atoms with van der Waals surface area (Å²) in [5, 5.41) is 1.35. The zero-order valence-electron chi connectivity index (χ0n) is 22.6. The van der Waals surface area contributed by atoms with E-state index in [1.165, 1.54) is 56.0 Å². The highest BCUT2D eigenvalue weighted by atomic mass is 15.2. The summed E-state index contributed by atoms with van der Waals surface area (Å²) in [7, 11) is 0. The Morgan fingerprint density at radius 1 is 0.872 bits per heavy atom. The quantitative estimate of drug-likeness (QED) is 0.266. The van der Waals surface area contributed by atoms with E-state index in [-0.39, 0.29) is 11.0 Å². The third-order valence-corrected chi connectivity index (χ3v) is 9.65. The highest BCUT2D eigenvalue weighted by Gasteiger charge is 2.66. The Bertz CT molecular complexity index is 1780. The van der Waals surface area contributed by atoms with E-state index in [0.717, 1.165) is 19.3 Å². The van der Waals surface area contributed by atoms with Crippen molar-refractivity contribution in [3.63, 3.8) is 0 Å². The van der Waals surface area contributed by atoms with Crippen LogP contribution in [-0.4, -0.2) is 4.57 Å². The number of nitrogens with two attached hydrogens (primary N) is 1. The van der Waals surface area contributed by atoms with Gasteiger partial charge in [-0.05, 0) is 79.3 Å². The van der Waals surface area contributed by atoms with Crippen molar-refractivity contribution in [3.8, 4) is 5.69 Å². The molecule has 192 valence electrons.